The van der Waals surface area contributed by atoms with E-state index in [4.69, 9.17) is 14.2 Å². The average molecular weight is 549 g/mol. The number of hydrogen-bond donors (Lipinski definition) is 3. The van der Waals surface area contributed by atoms with Crippen molar-refractivity contribution in [1.29, 1.82) is 0 Å². The molecule has 6 heteroatoms. The highest BCUT2D eigenvalue weighted by atomic mass is 16.7. The van der Waals surface area contributed by atoms with Gasteiger partial charge in [0.25, 0.3) is 0 Å². The number of aliphatic hydroxyl groups excluding tert-OH is 3. The summed E-state index contributed by atoms with van der Waals surface area (Å²) < 4.78 is 18.2. The molecule has 224 valence electrons. The molecular formula is C33H56O6. The Morgan fingerprint density at radius 3 is 2.36 bits per heavy atom. The third-order valence-electron chi connectivity index (χ3n) is 13.2. The largest absolute Gasteiger partial charge is 0.393 e. The monoisotopic (exact) mass is 548 g/mol. The van der Waals surface area contributed by atoms with Crippen molar-refractivity contribution in [2.45, 2.75) is 137 Å². The summed E-state index contributed by atoms with van der Waals surface area (Å²) in [5, 5.41) is 34.2. The molecule has 4 fully saturated rings. The Kier molecular flexibility index (Phi) is 7.51. The van der Waals surface area contributed by atoms with Crippen molar-refractivity contribution in [3.8, 4) is 0 Å². The van der Waals surface area contributed by atoms with Crippen LogP contribution in [0.3, 0.4) is 0 Å². The summed E-state index contributed by atoms with van der Waals surface area (Å²) in [6.07, 6.45) is 6.80. The van der Waals surface area contributed by atoms with Crippen LogP contribution in [0.5, 0.6) is 0 Å². The zero-order valence-electron chi connectivity index (χ0n) is 26.0. The van der Waals surface area contributed by atoms with Gasteiger partial charge in [0.05, 0.1) is 23.9 Å². The van der Waals surface area contributed by atoms with Crippen LogP contribution in [0.25, 0.3) is 0 Å². The van der Waals surface area contributed by atoms with E-state index in [1.165, 1.54) is 5.57 Å². The van der Waals surface area contributed by atoms with Crippen LogP contribution in [-0.2, 0) is 14.2 Å². The Balaban J connectivity index is 1.43. The number of rotatable bonds is 6. The van der Waals surface area contributed by atoms with E-state index in [1.807, 2.05) is 20.8 Å². The van der Waals surface area contributed by atoms with E-state index in [2.05, 4.69) is 40.7 Å². The van der Waals surface area contributed by atoms with Crippen LogP contribution in [-0.4, -0.2) is 65.3 Å². The minimum absolute atomic E-state index is 0.0424. The number of fused-ring (bicyclic) bond motifs is 5. The number of methoxy groups -OCH3 is 1. The quantitative estimate of drug-likeness (QED) is 0.381. The van der Waals surface area contributed by atoms with E-state index in [0.29, 0.717) is 24.4 Å². The summed E-state index contributed by atoms with van der Waals surface area (Å²) in [7, 11) is 1.72. The number of aliphatic hydroxyl groups is 3. The zero-order valence-corrected chi connectivity index (χ0v) is 26.0. The van der Waals surface area contributed by atoms with Gasteiger partial charge in [0, 0.05) is 25.0 Å². The first-order valence-electron chi connectivity index (χ1n) is 15.7. The van der Waals surface area contributed by atoms with Crippen LogP contribution in [0.4, 0.5) is 0 Å². The Labute approximate surface area is 236 Å². The number of ether oxygens (including phenoxy) is 3. The molecule has 39 heavy (non-hydrogen) atoms. The maximum atomic E-state index is 12.0. The predicted molar refractivity (Wildman–Crippen MR) is 152 cm³/mol. The summed E-state index contributed by atoms with van der Waals surface area (Å²) >= 11 is 0. The summed E-state index contributed by atoms with van der Waals surface area (Å²) in [4.78, 5) is 0. The molecular weight excluding hydrogens is 492 g/mol. The topological polar surface area (TPSA) is 88.4 Å². The molecule has 4 aliphatic carbocycles. The van der Waals surface area contributed by atoms with E-state index in [0.717, 1.165) is 44.9 Å². The van der Waals surface area contributed by atoms with Gasteiger partial charge in [0.15, 0.2) is 6.29 Å². The van der Waals surface area contributed by atoms with Crippen LogP contribution in [0.2, 0.25) is 0 Å². The SMILES string of the molecule is CCOC(C)(C)[C@@H](O)[C@H]1C[C@@H]([C@@H]2CC=C3[C@@]4(C)C(CC[C@]32C)[C@@]2(C)CC[C@@H](O)C(C)(C)[C@@H]2C[C@H]4O)[C@H](OC)O1. The second kappa shape index (κ2) is 9.77. The first-order valence-corrected chi connectivity index (χ1v) is 15.7. The lowest BCUT2D eigenvalue weighted by Crippen LogP contribution is -2.65. The molecule has 0 bridgehead atoms. The van der Waals surface area contributed by atoms with Gasteiger partial charge < -0.3 is 29.5 Å². The first-order chi connectivity index (χ1) is 18.1. The van der Waals surface area contributed by atoms with E-state index in [-0.39, 0.29) is 46.1 Å². The normalized spacial score (nSPS) is 50.1. The van der Waals surface area contributed by atoms with Crippen molar-refractivity contribution >= 4 is 0 Å². The highest BCUT2D eigenvalue weighted by Crippen LogP contribution is 2.73. The third-order valence-corrected chi connectivity index (χ3v) is 13.2. The molecule has 0 spiro atoms. The zero-order chi connectivity index (χ0) is 28.8. The fourth-order valence-electron chi connectivity index (χ4n) is 11.0. The molecule has 12 atom stereocenters. The van der Waals surface area contributed by atoms with Gasteiger partial charge in [-0.2, -0.15) is 0 Å². The first kappa shape index (κ1) is 30.0. The molecule has 6 nitrogen and oxygen atoms in total. The van der Waals surface area contributed by atoms with Gasteiger partial charge in [-0.05, 0) is 99.7 Å². The molecule has 1 aliphatic heterocycles. The lowest BCUT2D eigenvalue weighted by Gasteiger charge is -2.68. The standard InChI is InChI=1S/C33H56O6/c1-10-38-30(4,5)27(36)21-17-19(28(37-9)39-21)20-11-12-22-31(20,6)15-13-23-32(7)16-14-25(34)29(2,3)24(32)18-26(35)33(22,23)8/h12,19-21,23-28,34-36H,10-11,13-18H2,1-9H3/t19-,20-,21+,23?,24-,25+,26+,27-,28+,31-,32+,33-/m0/s1. The van der Waals surface area contributed by atoms with Gasteiger partial charge in [-0.15, -0.1) is 0 Å². The van der Waals surface area contributed by atoms with Crippen molar-refractivity contribution < 1.29 is 29.5 Å². The van der Waals surface area contributed by atoms with Crippen molar-refractivity contribution in [2.75, 3.05) is 13.7 Å². The molecule has 1 saturated heterocycles. The third kappa shape index (κ3) is 4.17. The van der Waals surface area contributed by atoms with Gasteiger partial charge >= 0.3 is 0 Å². The summed E-state index contributed by atoms with van der Waals surface area (Å²) in [5.41, 5.74) is 0.340. The molecule has 3 N–H and O–H groups in total. The molecule has 0 radical (unpaired) electrons. The summed E-state index contributed by atoms with van der Waals surface area (Å²) in [6, 6.07) is 0. The molecule has 0 aromatic carbocycles. The molecule has 1 unspecified atom stereocenters. The van der Waals surface area contributed by atoms with Gasteiger partial charge in [-0.25, -0.2) is 0 Å². The number of hydrogen-bond acceptors (Lipinski definition) is 6. The molecule has 5 aliphatic rings. The molecule has 0 aromatic heterocycles. The minimum atomic E-state index is -0.739. The smallest absolute Gasteiger partial charge is 0.160 e. The molecule has 3 saturated carbocycles. The summed E-state index contributed by atoms with van der Waals surface area (Å²) in [6.45, 7) is 18.0. The fourth-order valence-corrected chi connectivity index (χ4v) is 11.0. The molecule has 5 rings (SSSR count). The Bertz CT molecular complexity index is 960. The maximum Gasteiger partial charge on any atom is 0.160 e. The highest BCUT2D eigenvalue weighted by Gasteiger charge is 2.69. The van der Waals surface area contributed by atoms with Crippen LogP contribution >= 0.6 is 0 Å². The van der Waals surface area contributed by atoms with Crippen LogP contribution in [0.1, 0.15) is 100 Å². The average Bonchev–Trinajstić information content (AvgIpc) is 3.44. The van der Waals surface area contributed by atoms with Gasteiger partial charge in [-0.3, -0.25) is 0 Å². The molecule has 0 amide bonds. The predicted octanol–water partition coefficient (Wildman–Crippen LogP) is 5.48. The van der Waals surface area contributed by atoms with Crippen LogP contribution in [0, 0.1) is 45.3 Å². The van der Waals surface area contributed by atoms with Crippen LogP contribution in [0.15, 0.2) is 11.6 Å². The van der Waals surface area contributed by atoms with Crippen molar-refractivity contribution in [2.24, 2.45) is 45.3 Å². The Hall–Kier alpha value is -0.500. The molecule has 0 aromatic rings. The van der Waals surface area contributed by atoms with E-state index in [9.17, 15) is 15.3 Å². The van der Waals surface area contributed by atoms with Gasteiger partial charge in [-0.1, -0.05) is 46.3 Å². The van der Waals surface area contributed by atoms with Crippen LogP contribution < -0.4 is 0 Å². The van der Waals surface area contributed by atoms with Crippen molar-refractivity contribution in [3.63, 3.8) is 0 Å². The number of allylic oxidation sites excluding steroid dienone is 1. The van der Waals surface area contributed by atoms with Gasteiger partial charge in [0.2, 0.25) is 0 Å². The maximum absolute atomic E-state index is 12.0. The Morgan fingerprint density at radius 1 is 1.03 bits per heavy atom. The highest BCUT2D eigenvalue weighted by molar-refractivity contribution is 5.36. The van der Waals surface area contributed by atoms with Crippen molar-refractivity contribution in [1.82, 2.24) is 0 Å². The second-order valence-corrected chi connectivity index (χ2v) is 15.6. The van der Waals surface area contributed by atoms with E-state index < -0.39 is 17.8 Å². The van der Waals surface area contributed by atoms with E-state index >= 15 is 0 Å². The summed E-state index contributed by atoms with van der Waals surface area (Å²) in [5.74, 6) is 1.20. The van der Waals surface area contributed by atoms with Crippen molar-refractivity contribution in [3.05, 3.63) is 11.6 Å². The lowest BCUT2D eigenvalue weighted by atomic mass is 9.37. The lowest BCUT2D eigenvalue weighted by molar-refractivity contribution is -0.214. The Morgan fingerprint density at radius 2 is 1.72 bits per heavy atom. The van der Waals surface area contributed by atoms with E-state index in [1.54, 1.807) is 7.11 Å². The van der Waals surface area contributed by atoms with Gasteiger partial charge in [0.1, 0.15) is 6.10 Å². The molecule has 1 heterocycles. The minimum Gasteiger partial charge on any atom is -0.393 e. The fraction of sp³-hybridized carbons (Fsp3) is 0.939. The second-order valence-electron chi connectivity index (χ2n) is 15.6.